The van der Waals surface area contributed by atoms with Crippen molar-refractivity contribution in [3.63, 3.8) is 0 Å². The van der Waals surface area contributed by atoms with Crippen LogP contribution in [-0.2, 0) is 17.4 Å². The van der Waals surface area contributed by atoms with Crippen LogP contribution in [0, 0.1) is 11.6 Å². The highest BCUT2D eigenvalue weighted by atomic mass is 32.2. The number of pyridine rings is 1. The van der Waals surface area contributed by atoms with Crippen molar-refractivity contribution in [3.05, 3.63) is 133 Å². The Labute approximate surface area is 313 Å². The van der Waals surface area contributed by atoms with Crippen molar-refractivity contribution >= 4 is 10.8 Å². The second kappa shape index (κ2) is 16.5. The largest absolute Gasteiger partial charge is 0.393 e. The predicted octanol–water partition coefficient (Wildman–Crippen LogP) is 7.80. The van der Waals surface area contributed by atoms with E-state index in [1.807, 2.05) is 36.4 Å². The van der Waals surface area contributed by atoms with Gasteiger partial charge in [0, 0.05) is 68.8 Å². The lowest BCUT2D eigenvalue weighted by Crippen LogP contribution is -2.21. The van der Waals surface area contributed by atoms with Gasteiger partial charge in [0.05, 0.1) is 40.9 Å². The van der Waals surface area contributed by atoms with E-state index in [0.29, 0.717) is 23.0 Å². The number of benzene rings is 3. The van der Waals surface area contributed by atoms with Gasteiger partial charge in [-0.05, 0) is 105 Å². The summed E-state index contributed by atoms with van der Waals surface area (Å²) in [4.78, 5) is 26.1. The minimum absolute atomic E-state index is 0.206. The molecule has 1 aliphatic rings. The number of rotatable bonds is 8. The van der Waals surface area contributed by atoms with Gasteiger partial charge in [0.1, 0.15) is 24.1 Å². The fourth-order valence-electron chi connectivity index (χ4n) is 6.51. The molecule has 1 saturated carbocycles. The highest BCUT2D eigenvalue weighted by molar-refractivity contribution is 7.84. The SMILES string of the molecule is CS(=O)c1ccc(-c2nc(-c3ccc(F)cc3)c(-c3ccncc3)[nH]2)cc1.OCc1nccc(-c2c(-c3ccc(F)cc3)ncn2C2CCC(O)CC2)n1. The Morgan fingerprint density at radius 2 is 1.35 bits per heavy atom. The average Bonchev–Trinajstić information content (AvgIpc) is 3.86. The number of halogens is 2. The Balaban J connectivity index is 0.000000167. The number of aromatic amines is 1. The summed E-state index contributed by atoms with van der Waals surface area (Å²) in [6.45, 7) is -0.247. The van der Waals surface area contributed by atoms with Crippen LogP contribution in [0.2, 0.25) is 0 Å². The molecule has 0 saturated heterocycles. The first-order valence-corrected chi connectivity index (χ1v) is 19.0. The standard InChI is InChI=1S/C21H16FN3OS.C20H21FN4O2/c1-27(26)18-8-4-16(5-9-18)21-24-19(14-2-6-17(22)7-3-14)20(25-21)15-10-12-23-13-11-15;21-14-3-1-13(2-4-14)19-20(17-9-10-22-18(11-26)24-17)25(12-23-19)15-5-7-16(27)8-6-15/h2-13H,1H3,(H,24,25);1-4,9-10,12,15-16,26-27H,5-8,11H2. The Morgan fingerprint density at radius 3 is 1.96 bits per heavy atom. The molecule has 4 heterocycles. The summed E-state index contributed by atoms with van der Waals surface area (Å²) in [7, 11) is -1.03. The molecule has 0 spiro atoms. The second-order valence-electron chi connectivity index (χ2n) is 12.9. The number of hydrogen-bond donors (Lipinski definition) is 3. The molecule has 0 aliphatic heterocycles. The number of imidazole rings is 2. The smallest absolute Gasteiger partial charge is 0.154 e. The molecule has 1 aliphatic carbocycles. The number of nitrogens with zero attached hydrogens (tertiary/aromatic N) is 6. The van der Waals surface area contributed by atoms with Crippen LogP contribution in [-0.4, -0.2) is 61.3 Å². The molecular weight excluding hydrogens is 709 g/mol. The van der Waals surface area contributed by atoms with E-state index in [0.717, 1.165) is 69.9 Å². The van der Waals surface area contributed by atoms with Crippen LogP contribution >= 0.6 is 0 Å². The summed E-state index contributed by atoms with van der Waals surface area (Å²) in [6, 6.07) is 25.7. The van der Waals surface area contributed by atoms with Gasteiger partial charge in [-0.15, -0.1) is 0 Å². The fraction of sp³-hybridized carbons (Fsp3) is 0.195. The van der Waals surface area contributed by atoms with Gasteiger partial charge in [0.2, 0.25) is 0 Å². The zero-order chi connectivity index (χ0) is 37.6. The van der Waals surface area contributed by atoms with Gasteiger partial charge in [0.15, 0.2) is 5.82 Å². The summed E-state index contributed by atoms with van der Waals surface area (Å²) in [5.41, 5.74) is 7.20. The maximum Gasteiger partial charge on any atom is 0.154 e. The lowest BCUT2D eigenvalue weighted by Gasteiger charge is -2.28. The van der Waals surface area contributed by atoms with Crippen molar-refractivity contribution < 1.29 is 23.2 Å². The molecule has 0 amide bonds. The molecule has 0 bridgehead atoms. The van der Waals surface area contributed by atoms with E-state index in [1.165, 1.54) is 24.3 Å². The number of aliphatic hydroxyl groups excluding tert-OH is 2. The van der Waals surface area contributed by atoms with Crippen LogP contribution in [0.15, 0.2) is 121 Å². The third-order valence-corrected chi connectivity index (χ3v) is 10.2. The summed E-state index contributed by atoms with van der Waals surface area (Å²) in [5, 5.41) is 19.2. The third-order valence-electron chi connectivity index (χ3n) is 9.31. The van der Waals surface area contributed by atoms with Crippen molar-refractivity contribution in [2.45, 2.75) is 49.3 Å². The molecule has 4 aromatic heterocycles. The monoisotopic (exact) mass is 745 g/mol. The van der Waals surface area contributed by atoms with E-state index >= 15 is 0 Å². The fourth-order valence-corrected chi connectivity index (χ4v) is 7.03. The van der Waals surface area contributed by atoms with Gasteiger partial charge >= 0.3 is 0 Å². The van der Waals surface area contributed by atoms with Gasteiger partial charge in [-0.1, -0.05) is 12.1 Å². The Kier molecular flexibility index (Phi) is 11.2. The average molecular weight is 746 g/mol. The summed E-state index contributed by atoms with van der Waals surface area (Å²) in [5.74, 6) is 0.438. The normalized spacial score (nSPS) is 16.0. The first-order valence-electron chi connectivity index (χ1n) is 17.4. The van der Waals surface area contributed by atoms with Crippen molar-refractivity contribution in [3.8, 4) is 56.5 Å². The van der Waals surface area contributed by atoms with Crippen LogP contribution in [0.25, 0.3) is 56.5 Å². The zero-order valence-electron chi connectivity index (χ0n) is 29.3. The quantitative estimate of drug-likeness (QED) is 0.143. The molecular formula is C41H37F2N7O3S. The van der Waals surface area contributed by atoms with Crippen molar-refractivity contribution in [2.24, 2.45) is 0 Å². The Bertz CT molecular complexity index is 2340. The van der Waals surface area contributed by atoms with Crippen molar-refractivity contribution in [2.75, 3.05) is 6.26 Å². The molecule has 7 aromatic rings. The third kappa shape index (κ3) is 8.23. The number of H-pyrrole nitrogens is 1. The molecule has 54 heavy (non-hydrogen) atoms. The lowest BCUT2D eigenvalue weighted by atomic mass is 9.92. The van der Waals surface area contributed by atoms with Crippen LogP contribution in [0.4, 0.5) is 8.78 Å². The van der Waals surface area contributed by atoms with E-state index in [2.05, 4.69) is 29.5 Å². The molecule has 1 atom stereocenters. The molecule has 8 rings (SSSR count). The van der Waals surface area contributed by atoms with E-state index < -0.39 is 10.8 Å². The first-order chi connectivity index (χ1) is 26.3. The van der Waals surface area contributed by atoms with Gasteiger partial charge < -0.3 is 19.8 Å². The van der Waals surface area contributed by atoms with Gasteiger partial charge in [0.25, 0.3) is 0 Å². The topological polar surface area (TPSA) is 143 Å². The number of hydrogen-bond acceptors (Lipinski definition) is 8. The van der Waals surface area contributed by atoms with E-state index in [9.17, 15) is 23.2 Å². The molecule has 1 unspecified atom stereocenters. The maximum absolute atomic E-state index is 13.4. The van der Waals surface area contributed by atoms with Crippen molar-refractivity contribution in [1.82, 2.24) is 34.5 Å². The summed E-state index contributed by atoms with van der Waals surface area (Å²) < 4.78 is 40.4. The van der Waals surface area contributed by atoms with Gasteiger partial charge in [-0.3, -0.25) is 9.19 Å². The zero-order valence-corrected chi connectivity index (χ0v) is 30.1. The van der Waals surface area contributed by atoms with Crippen LogP contribution in [0.5, 0.6) is 0 Å². The molecule has 13 heteroatoms. The van der Waals surface area contributed by atoms with Crippen molar-refractivity contribution in [1.29, 1.82) is 0 Å². The predicted molar refractivity (Wildman–Crippen MR) is 203 cm³/mol. The lowest BCUT2D eigenvalue weighted by molar-refractivity contribution is 0.111. The molecule has 3 aromatic carbocycles. The van der Waals surface area contributed by atoms with Crippen LogP contribution in [0.3, 0.4) is 0 Å². The van der Waals surface area contributed by atoms with E-state index in [1.54, 1.807) is 61.5 Å². The summed E-state index contributed by atoms with van der Waals surface area (Å²) >= 11 is 0. The van der Waals surface area contributed by atoms with Crippen LogP contribution < -0.4 is 0 Å². The van der Waals surface area contributed by atoms with Gasteiger partial charge in [-0.2, -0.15) is 0 Å². The number of nitrogens with one attached hydrogen (secondary N) is 1. The highest BCUT2D eigenvalue weighted by Gasteiger charge is 2.26. The number of aliphatic hydroxyl groups is 2. The summed E-state index contributed by atoms with van der Waals surface area (Å²) in [6.07, 6.45) is 11.4. The Morgan fingerprint density at radius 1 is 0.741 bits per heavy atom. The highest BCUT2D eigenvalue weighted by Crippen LogP contribution is 2.37. The maximum atomic E-state index is 13.4. The molecule has 10 nitrogen and oxygen atoms in total. The minimum atomic E-state index is -1.03. The molecule has 0 radical (unpaired) electrons. The van der Waals surface area contributed by atoms with Gasteiger partial charge in [-0.25, -0.2) is 28.7 Å². The molecule has 3 N–H and O–H groups in total. The molecule has 274 valence electrons. The number of aromatic nitrogens is 7. The van der Waals surface area contributed by atoms with E-state index in [4.69, 9.17) is 4.98 Å². The second-order valence-corrected chi connectivity index (χ2v) is 14.2. The Hall–Kier alpha value is -5.76. The minimum Gasteiger partial charge on any atom is -0.393 e. The first kappa shape index (κ1) is 36.6. The molecule has 1 fully saturated rings. The van der Waals surface area contributed by atoms with E-state index in [-0.39, 0.29) is 30.4 Å². The van der Waals surface area contributed by atoms with Crippen LogP contribution in [0.1, 0.15) is 37.5 Å².